The molecule has 7 heteroatoms. The third-order valence-corrected chi connectivity index (χ3v) is 5.25. The molecule has 1 aliphatic heterocycles. The molecule has 2 aromatic rings. The highest BCUT2D eigenvalue weighted by atomic mass is 16.5. The number of ether oxygens (including phenoxy) is 3. The minimum Gasteiger partial charge on any atom is -0.493 e. The first-order valence-electron chi connectivity index (χ1n) is 9.99. The quantitative estimate of drug-likeness (QED) is 0.684. The summed E-state index contributed by atoms with van der Waals surface area (Å²) in [6.45, 7) is 3.03. The van der Waals surface area contributed by atoms with Crippen LogP contribution in [0.1, 0.15) is 47.3 Å². The summed E-state index contributed by atoms with van der Waals surface area (Å²) in [6, 6.07) is 10.7. The van der Waals surface area contributed by atoms with Gasteiger partial charge in [-0.3, -0.25) is 9.59 Å². The van der Waals surface area contributed by atoms with Crippen molar-refractivity contribution >= 4 is 11.8 Å². The average Bonchev–Trinajstić information content (AvgIpc) is 3.11. The van der Waals surface area contributed by atoms with E-state index in [4.69, 9.17) is 14.2 Å². The van der Waals surface area contributed by atoms with E-state index < -0.39 is 6.04 Å². The number of amides is 2. The highest BCUT2D eigenvalue weighted by Gasteiger charge is 2.35. The molecule has 1 aliphatic rings. The lowest BCUT2D eigenvalue weighted by molar-refractivity contribution is -0.122. The van der Waals surface area contributed by atoms with Gasteiger partial charge in [0.15, 0.2) is 11.5 Å². The molecular weight excluding hydrogens is 384 g/mol. The molecule has 30 heavy (non-hydrogen) atoms. The average molecular weight is 412 g/mol. The van der Waals surface area contributed by atoms with Crippen molar-refractivity contribution in [1.82, 2.24) is 10.2 Å². The largest absolute Gasteiger partial charge is 0.493 e. The van der Waals surface area contributed by atoms with Crippen molar-refractivity contribution in [2.75, 3.05) is 27.9 Å². The van der Waals surface area contributed by atoms with Crippen LogP contribution in [0.15, 0.2) is 36.4 Å². The predicted molar refractivity (Wildman–Crippen MR) is 113 cm³/mol. The van der Waals surface area contributed by atoms with Gasteiger partial charge in [0.2, 0.25) is 11.7 Å². The number of rotatable bonds is 9. The van der Waals surface area contributed by atoms with Gasteiger partial charge in [-0.15, -0.1) is 0 Å². The first-order valence-corrected chi connectivity index (χ1v) is 9.99. The van der Waals surface area contributed by atoms with Crippen molar-refractivity contribution < 1.29 is 23.8 Å². The maximum absolute atomic E-state index is 13.1. The lowest BCUT2D eigenvalue weighted by Crippen LogP contribution is -2.34. The summed E-state index contributed by atoms with van der Waals surface area (Å²) in [4.78, 5) is 27.5. The zero-order valence-corrected chi connectivity index (χ0v) is 17.9. The van der Waals surface area contributed by atoms with Gasteiger partial charge in [-0.1, -0.05) is 25.1 Å². The summed E-state index contributed by atoms with van der Waals surface area (Å²) in [6.07, 6.45) is 0.979. The molecule has 1 heterocycles. The number of fused-ring (bicyclic) bond motifs is 1. The molecule has 0 saturated carbocycles. The highest BCUT2D eigenvalue weighted by Crippen LogP contribution is 2.42. The Hall–Kier alpha value is -3.22. The molecule has 3 rings (SSSR count). The van der Waals surface area contributed by atoms with Gasteiger partial charge in [0.05, 0.1) is 33.8 Å². The second kappa shape index (κ2) is 9.52. The third kappa shape index (κ3) is 4.20. The fourth-order valence-corrected chi connectivity index (χ4v) is 3.74. The van der Waals surface area contributed by atoms with E-state index in [1.807, 2.05) is 31.2 Å². The van der Waals surface area contributed by atoms with Crippen LogP contribution in [-0.4, -0.2) is 44.6 Å². The molecule has 0 spiro atoms. The Morgan fingerprint density at radius 3 is 2.33 bits per heavy atom. The molecule has 0 unspecified atom stereocenters. The minimum atomic E-state index is -0.476. The van der Waals surface area contributed by atoms with E-state index >= 15 is 0 Å². The second-order valence-corrected chi connectivity index (χ2v) is 7.12. The normalized spacial score (nSPS) is 13.6. The Labute approximate surface area is 176 Å². The topological polar surface area (TPSA) is 77.1 Å². The van der Waals surface area contributed by atoms with Crippen LogP contribution < -0.4 is 19.5 Å². The van der Waals surface area contributed by atoms with Gasteiger partial charge in [-0.2, -0.15) is 0 Å². The molecule has 2 aromatic carbocycles. The Kier molecular flexibility index (Phi) is 6.82. The van der Waals surface area contributed by atoms with Gasteiger partial charge >= 0.3 is 0 Å². The summed E-state index contributed by atoms with van der Waals surface area (Å²) in [5.74, 6) is 1.23. The summed E-state index contributed by atoms with van der Waals surface area (Å²) in [5, 5.41) is 2.91. The molecule has 0 radical (unpaired) electrons. The summed E-state index contributed by atoms with van der Waals surface area (Å²) >= 11 is 0. The van der Waals surface area contributed by atoms with E-state index in [-0.39, 0.29) is 18.2 Å². The number of nitrogens with one attached hydrogen (secondary N) is 1. The molecule has 1 atom stereocenters. The van der Waals surface area contributed by atoms with Gasteiger partial charge < -0.3 is 24.4 Å². The smallest absolute Gasteiger partial charge is 0.255 e. The van der Waals surface area contributed by atoms with Crippen molar-refractivity contribution in [3.63, 3.8) is 0 Å². The third-order valence-electron chi connectivity index (χ3n) is 5.25. The van der Waals surface area contributed by atoms with E-state index in [1.54, 1.807) is 31.3 Å². The van der Waals surface area contributed by atoms with Crippen molar-refractivity contribution in [1.29, 1.82) is 0 Å². The molecule has 0 fully saturated rings. The summed E-state index contributed by atoms with van der Waals surface area (Å²) in [5.41, 5.74) is 2.37. The maximum Gasteiger partial charge on any atom is 0.255 e. The summed E-state index contributed by atoms with van der Waals surface area (Å²) < 4.78 is 16.4. The van der Waals surface area contributed by atoms with E-state index in [1.165, 1.54) is 7.11 Å². The number of carbonyl (C=O) groups excluding carboxylic acids is 2. The van der Waals surface area contributed by atoms with Crippen molar-refractivity contribution in [3.05, 3.63) is 53.1 Å². The number of nitrogens with zero attached hydrogens (tertiary/aromatic N) is 1. The van der Waals surface area contributed by atoms with Crippen LogP contribution in [0.3, 0.4) is 0 Å². The number of methoxy groups -OCH3 is 3. The zero-order valence-electron chi connectivity index (χ0n) is 17.9. The molecule has 0 aliphatic carbocycles. The maximum atomic E-state index is 13.1. The van der Waals surface area contributed by atoms with Gasteiger partial charge in [0.25, 0.3) is 5.91 Å². The Morgan fingerprint density at radius 2 is 1.77 bits per heavy atom. The Bertz CT molecular complexity index is 903. The van der Waals surface area contributed by atoms with E-state index in [9.17, 15) is 9.59 Å². The molecule has 0 saturated heterocycles. The Balaban J connectivity index is 2.02. The predicted octanol–water partition coefficient (Wildman–Crippen LogP) is 3.33. The monoisotopic (exact) mass is 412 g/mol. The molecule has 7 nitrogen and oxygen atoms in total. The van der Waals surface area contributed by atoms with Gasteiger partial charge in [0, 0.05) is 18.7 Å². The van der Waals surface area contributed by atoms with E-state index in [0.29, 0.717) is 35.9 Å². The molecule has 160 valence electrons. The zero-order chi connectivity index (χ0) is 21.7. The van der Waals surface area contributed by atoms with Crippen molar-refractivity contribution in [3.8, 4) is 17.2 Å². The lowest BCUT2D eigenvalue weighted by Gasteiger charge is -2.29. The molecule has 0 bridgehead atoms. The molecule has 1 N–H and O–H groups in total. The van der Waals surface area contributed by atoms with Crippen LogP contribution in [0.4, 0.5) is 0 Å². The standard InChI is InChI=1S/C23H28N2O5/c1-5-10-24-21(26)13-18(25-14-15-8-6-7-9-17(15)23(25)27)16-11-19(28-2)22(30-4)20(12-16)29-3/h6-9,11-12,18H,5,10,13-14H2,1-4H3,(H,24,26)/t18-/m1/s1. The lowest BCUT2D eigenvalue weighted by atomic mass is 10.00. The van der Waals surface area contributed by atoms with Gasteiger partial charge in [-0.05, 0) is 35.7 Å². The summed E-state index contributed by atoms with van der Waals surface area (Å²) in [7, 11) is 4.62. The fourth-order valence-electron chi connectivity index (χ4n) is 3.74. The fraction of sp³-hybridized carbons (Fsp3) is 0.391. The van der Waals surface area contributed by atoms with Crippen LogP contribution in [0, 0.1) is 0 Å². The van der Waals surface area contributed by atoms with E-state index in [0.717, 1.165) is 17.5 Å². The van der Waals surface area contributed by atoms with Crippen LogP contribution in [0.5, 0.6) is 17.2 Å². The van der Waals surface area contributed by atoms with E-state index in [2.05, 4.69) is 5.32 Å². The van der Waals surface area contributed by atoms with Crippen LogP contribution >= 0.6 is 0 Å². The number of hydrogen-bond acceptors (Lipinski definition) is 5. The first kappa shape index (κ1) is 21.5. The number of carbonyl (C=O) groups is 2. The van der Waals surface area contributed by atoms with Crippen molar-refractivity contribution in [2.45, 2.75) is 32.4 Å². The second-order valence-electron chi connectivity index (χ2n) is 7.12. The van der Waals surface area contributed by atoms with Gasteiger partial charge in [0.1, 0.15) is 0 Å². The highest BCUT2D eigenvalue weighted by molar-refractivity contribution is 5.98. The Morgan fingerprint density at radius 1 is 1.10 bits per heavy atom. The minimum absolute atomic E-state index is 0.0901. The van der Waals surface area contributed by atoms with Crippen LogP contribution in [-0.2, 0) is 11.3 Å². The van der Waals surface area contributed by atoms with Gasteiger partial charge in [-0.25, -0.2) is 0 Å². The molecular formula is C23H28N2O5. The SMILES string of the molecule is CCCNC(=O)C[C@H](c1cc(OC)c(OC)c(OC)c1)N1Cc2ccccc2C1=O. The number of benzene rings is 2. The van der Waals surface area contributed by atoms with Crippen molar-refractivity contribution in [2.24, 2.45) is 0 Å². The van der Waals surface area contributed by atoms with Crippen LogP contribution in [0.25, 0.3) is 0 Å². The molecule has 0 aromatic heterocycles. The number of hydrogen-bond donors (Lipinski definition) is 1. The first-order chi connectivity index (χ1) is 14.5. The molecule has 2 amide bonds. The van der Waals surface area contributed by atoms with Crippen LogP contribution in [0.2, 0.25) is 0 Å².